The molecule has 1 aromatic carbocycles. The molecule has 0 bridgehead atoms. The van der Waals surface area contributed by atoms with Crippen molar-refractivity contribution in [3.63, 3.8) is 0 Å². The van der Waals surface area contributed by atoms with Crippen molar-refractivity contribution < 1.29 is 27.4 Å². The number of aromatic carboxylic acids is 1. The first-order valence-corrected chi connectivity index (χ1v) is 6.84. The number of carbonyl (C=O) groups is 1. The molecule has 1 aromatic rings. The van der Waals surface area contributed by atoms with Gasteiger partial charge in [-0.15, -0.1) is 0 Å². The van der Waals surface area contributed by atoms with Crippen LogP contribution in [0.25, 0.3) is 0 Å². The fourth-order valence-electron chi connectivity index (χ4n) is 1.59. The van der Waals surface area contributed by atoms with Crippen LogP contribution in [-0.2, 0) is 9.84 Å². The largest absolute Gasteiger partial charge is 0.490 e. The Morgan fingerprint density at radius 2 is 2.17 bits per heavy atom. The number of halogens is 2. The van der Waals surface area contributed by atoms with Crippen LogP contribution in [-0.4, -0.2) is 31.6 Å². The number of alkyl halides is 1. The van der Waals surface area contributed by atoms with Gasteiger partial charge in [-0.05, 0) is 12.1 Å². The molecule has 0 saturated heterocycles. The maximum absolute atomic E-state index is 13.5. The summed E-state index contributed by atoms with van der Waals surface area (Å²) in [6, 6.07) is 1.92. The first-order valence-electron chi connectivity index (χ1n) is 4.91. The van der Waals surface area contributed by atoms with Crippen molar-refractivity contribution in [2.45, 2.75) is 16.8 Å². The fraction of sp³-hybridized carbons (Fsp3) is 0.300. The Kier molecular flexibility index (Phi) is 3.20. The lowest BCUT2D eigenvalue weighted by Crippen LogP contribution is -2.16. The molecule has 1 heterocycles. The maximum Gasteiger partial charge on any atom is 0.335 e. The lowest BCUT2D eigenvalue weighted by atomic mass is 10.2. The van der Waals surface area contributed by atoms with Crippen LogP contribution in [0.3, 0.4) is 0 Å². The molecule has 0 amide bonds. The van der Waals surface area contributed by atoms with Gasteiger partial charge in [0.25, 0.3) is 0 Å². The highest BCUT2D eigenvalue weighted by atomic mass is 35.5. The minimum Gasteiger partial charge on any atom is -0.490 e. The zero-order valence-corrected chi connectivity index (χ0v) is 10.5. The van der Waals surface area contributed by atoms with Crippen LogP contribution in [0.1, 0.15) is 16.8 Å². The van der Waals surface area contributed by atoms with Gasteiger partial charge in [0.2, 0.25) is 15.3 Å². The van der Waals surface area contributed by atoms with E-state index >= 15 is 0 Å². The van der Waals surface area contributed by atoms with Gasteiger partial charge < -0.3 is 9.84 Å². The summed E-state index contributed by atoms with van der Waals surface area (Å²) in [5.41, 5.74) is -2.46. The van der Waals surface area contributed by atoms with Gasteiger partial charge in [-0.25, -0.2) is 17.6 Å². The van der Waals surface area contributed by atoms with E-state index in [1.165, 1.54) is 0 Å². The topological polar surface area (TPSA) is 80.7 Å². The number of ether oxygens (including phenoxy) is 1. The molecule has 98 valence electrons. The van der Waals surface area contributed by atoms with Crippen LogP contribution in [0, 0.1) is 0 Å². The summed E-state index contributed by atoms with van der Waals surface area (Å²) < 4.78 is 42.3. The third kappa shape index (κ3) is 2.04. The monoisotopic (exact) mass is 294 g/mol. The summed E-state index contributed by atoms with van der Waals surface area (Å²) in [6.07, 6.45) is -0.324. The molecule has 1 aliphatic heterocycles. The van der Waals surface area contributed by atoms with Crippen molar-refractivity contribution in [1.29, 1.82) is 0 Å². The SMILES string of the molecule is O=C(O)c1cc(Cl)c2c(c1)S(=O)(=O)[C@H](F)CCO2. The molecule has 5 nitrogen and oxygen atoms in total. The second kappa shape index (κ2) is 4.40. The van der Waals surface area contributed by atoms with E-state index in [-0.39, 0.29) is 29.4 Å². The molecule has 0 fully saturated rings. The van der Waals surface area contributed by atoms with Crippen LogP contribution in [0.2, 0.25) is 5.02 Å². The van der Waals surface area contributed by atoms with E-state index in [4.69, 9.17) is 21.4 Å². The van der Waals surface area contributed by atoms with Gasteiger partial charge in [-0.2, -0.15) is 0 Å². The summed E-state index contributed by atoms with van der Waals surface area (Å²) in [5.74, 6) is -1.55. The molecule has 0 radical (unpaired) electrons. The standard InChI is InChI=1S/C10H8ClFO5S/c11-6-3-5(10(13)14)4-7-9(6)17-2-1-8(12)18(7,15)16/h3-4,8H,1-2H2,(H,13,14)/t8-/m0/s1. The van der Waals surface area contributed by atoms with Crippen molar-refractivity contribution in [2.24, 2.45) is 0 Å². The molecule has 18 heavy (non-hydrogen) atoms. The Morgan fingerprint density at radius 1 is 1.50 bits per heavy atom. The molecular formula is C10H8ClFO5S. The summed E-state index contributed by atoms with van der Waals surface area (Å²) in [6.45, 7) is -0.139. The highest BCUT2D eigenvalue weighted by Gasteiger charge is 2.35. The third-order valence-corrected chi connectivity index (χ3v) is 4.60. The van der Waals surface area contributed by atoms with Gasteiger partial charge in [-0.1, -0.05) is 11.6 Å². The predicted molar refractivity (Wildman–Crippen MR) is 60.6 cm³/mol. The normalized spacial score (nSPS) is 21.6. The molecule has 0 spiro atoms. The number of hydrogen-bond donors (Lipinski definition) is 1. The summed E-state index contributed by atoms with van der Waals surface area (Å²) in [5, 5.41) is 8.66. The zero-order chi connectivity index (χ0) is 13.5. The minimum absolute atomic E-state index is 0.139. The second-order valence-corrected chi connectivity index (χ2v) is 6.13. The molecule has 1 atom stereocenters. The summed E-state index contributed by atoms with van der Waals surface area (Å²) >= 11 is 5.76. The van der Waals surface area contributed by atoms with E-state index in [0.29, 0.717) is 0 Å². The van der Waals surface area contributed by atoms with Crippen molar-refractivity contribution in [2.75, 3.05) is 6.61 Å². The Hall–Kier alpha value is -1.34. The number of benzene rings is 1. The van der Waals surface area contributed by atoms with Gasteiger partial charge in [0, 0.05) is 6.42 Å². The molecule has 0 aromatic heterocycles. The lowest BCUT2D eigenvalue weighted by molar-refractivity contribution is 0.0696. The first kappa shape index (κ1) is 13.1. The summed E-state index contributed by atoms with van der Waals surface area (Å²) in [4.78, 5) is 10.3. The fourth-order valence-corrected chi connectivity index (χ4v) is 3.32. The summed E-state index contributed by atoms with van der Waals surface area (Å²) in [7, 11) is -4.28. The first-order chi connectivity index (χ1) is 8.34. The van der Waals surface area contributed by atoms with Crippen LogP contribution >= 0.6 is 11.6 Å². The number of carboxylic acids is 1. The maximum atomic E-state index is 13.5. The number of sulfone groups is 1. The minimum atomic E-state index is -4.28. The Morgan fingerprint density at radius 3 is 2.78 bits per heavy atom. The van der Waals surface area contributed by atoms with E-state index in [0.717, 1.165) is 12.1 Å². The van der Waals surface area contributed by atoms with Gasteiger partial charge in [-0.3, -0.25) is 0 Å². The van der Waals surface area contributed by atoms with E-state index < -0.39 is 26.2 Å². The average Bonchev–Trinajstić information content (AvgIpc) is 2.39. The number of carboxylic acid groups (broad SMARTS) is 1. The molecule has 0 aliphatic carbocycles. The number of rotatable bonds is 1. The average molecular weight is 295 g/mol. The van der Waals surface area contributed by atoms with Gasteiger partial charge in [0.1, 0.15) is 4.90 Å². The molecule has 1 N–H and O–H groups in total. The van der Waals surface area contributed by atoms with E-state index in [1.807, 2.05) is 0 Å². The number of hydrogen-bond acceptors (Lipinski definition) is 4. The Bertz CT molecular complexity index is 613. The quantitative estimate of drug-likeness (QED) is 0.855. The second-order valence-electron chi connectivity index (χ2n) is 3.68. The van der Waals surface area contributed by atoms with Crippen molar-refractivity contribution in [1.82, 2.24) is 0 Å². The van der Waals surface area contributed by atoms with E-state index in [2.05, 4.69) is 0 Å². The van der Waals surface area contributed by atoms with Crippen LogP contribution < -0.4 is 4.74 Å². The molecule has 0 saturated carbocycles. The Labute approximate surface area is 107 Å². The van der Waals surface area contributed by atoms with Gasteiger partial charge >= 0.3 is 5.97 Å². The van der Waals surface area contributed by atoms with Crippen molar-refractivity contribution >= 4 is 27.4 Å². The lowest BCUT2D eigenvalue weighted by Gasteiger charge is -2.10. The van der Waals surface area contributed by atoms with Gasteiger partial charge in [0.05, 0.1) is 17.2 Å². The smallest absolute Gasteiger partial charge is 0.335 e. The Balaban J connectivity index is 2.75. The van der Waals surface area contributed by atoms with E-state index in [1.54, 1.807) is 0 Å². The zero-order valence-electron chi connectivity index (χ0n) is 8.89. The van der Waals surface area contributed by atoms with Crippen LogP contribution in [0.4, 0.5) is 4.39 Å². The molecular weight excluding hydrogens is 287 g/mol. The van der Waals surface area contributed by atoms with E-state index in [9.17, 15) is 17.6 Å². The molecule has 1 aliphatic rings. The molecule has 0 unspecified atom stereocenters. The van der Waals surface area contributed by atoms with Crippen molar-refractivity contribution in [3.8, 4) is 5.75 Å². The third-order valence-electron chi connectivity index (χ3n) is 2.49. The number of fused-ring (bicyclic) bond motifs is 1. The van der Waals surface area contributed by atoms with Gasteiger partial charge in [0.15, 0.2) is 5.75 Å². The van der Waals surface area contributed by atoms with Crippen LogP contribution in [0.15, 0.2) is 17.0 Å². The van der Waals surface area contributed by atoms with Crippen molar-refractivity contribution in [3.05, 3.63) is 22.7 Å². The molecule has 8 heteroatoms. The van der Waals surface area contributed by atoms with Crippen LogP contribution in [0.5, 0.6) is 5.75 Å². The predicted octanol–water partition coefficient (Wildman–Crippen LogP) is 1.89. The highest BCUT2D eigenvalue weighted by Crippen LogP contribution is 2.38. The molecule has 2 rings (SSSR count). The highest BCUT2D eigenvalue weighted by molar-refractivity contribution is 7.92.